The second-order valence-corrected chi connectivity index (χ2v) is 7.16. The highest BCUT2D eigenvalue weighted by atomic mass is 16.5. The SMILES string of the molecule is COc1ccc(-n2nnnc2CNC(=O)[C@@H]2CC(=O)N(c3ccc(C)cc3)C2)cc1. The number of carbonyl (C=O) groups excluding carboxylic acids is 2. The van der Waals surface area contributed by atoms with Gasteiger partial charge in [-0.2, -0.15) is 4.68 Å². The number of nitrogens with one attached hydrogen (secondary N) is 1. The first kappa shape index (κ1) is 19.6. The number of hydrogen-bond acceptors (Lipinski definition) is 6. The summed E-state index contributed by atoms with van der Waals surface area (Å²) in [6, 6.07) is 15.0. The summed E-state index contributed by atoms with van der Waals surface area (Å²) in [6.07, 6.45) is 0.184. The van der Waals surface area contributed by atoms with Gasteiger partial charge in [0.2, 0.25) is 11.8 Å². The Morgan fingerprint density at radius 2 is 1.83 bits per heavy atom. The zero-order valence-electron chi connectivity index (χ0n) is 16.8. The van der Waals surface area contributed by atoms with Crippen molar-refractivity contribution in [3.63, 3.8) is 0 Å². The Morgan fingerprint density at radius 3 is 2.53 bits per heavy atom. The molecule has 2 amide bonds. The van der Waals surface area contributed by atoms with Crippen molar-refractivity contribution in [1.82, 2.24) is 25.5 Å². The maximum atomic E-state index is 12.7. The van der Waals surface area contributed by atoms with Crippen molar-refractivity contribution >= 4 is 17.5 Å². The fourth-order valence-electron chi connectivity index (χ4n) is 3.41. The van der Waals surface area contributed by atoms with Gasteiger partial charge in [0.1, 0.15) is 5.75 Å². The smallest absolute Gasteiger partial charge is 0.227 e. The van der Waals surface area contributed by atoms with Crippen LogP contribution < -0.4 is 15.0 Å². The molecule has 1 aliphatic rings. The number of anilines is 1. The minimum absolute atomic E-state index is 0.0536. The molecule has 1 aromatic heterocycles. The van der Waals surface area contributed by atoms with E-state index in [9.17, 15) is 9.59 Å². The summed E-state index contributed by atoms with van der Waals surface area (Å²) in [7, 11) is 1.60. The zero-order chi connectivity index (χ0) is 21.1. The predicted molar refractivity (Wildman–Crippen MR) is 109 cm³/mol. The lowest BCUT2D eigenvalue weighted by Crippen LogP contribution is -2.33. The first-order valence-corrected chi connectivity index (χ1v) is 9.61. The van der Waals surface area contributed by atoms with E-state index in [1.807, 2.05) is 55.5 Å². The quantitative estimate of drug-likeness (QED) is 0.668. The van der Waals surface area contributed by atoms with Crippen molar-refractivity contribution in [3.8, 4) is 11.4 Å². The molecular formula is C21H22N6O3. The molecule has 3 aromatic rings. The van der Waals surface area contributed by atoms with E-state index in [0.717, 1.165) is 22.7 Å². The van der Waals surface area contributed by atoms with Gasteiger partial charge in [0.15, 0.2) is 5.82 Å². The Balaban J connectivity index is 1.39. The average molecular weight is 406 g/mol. The van der Waals surface area contributed by atoms with Crippen molar-refractivity contribution in [3.05, 3.63) is 59.9 Å². The van der Waals surface area contributed by atoms with E-state index < -0.39 is 5.92 Å². The van der Waals surface area contributed by atoms with Crippen molar-refractivity contribution < 1.29 is 14.3 Å². The van der Waals surface area contributed by atoms with Crippen molar-refractivity contribution in [2.75, 3.05) is 18.6 Å². The van der Waals surface area contributed by atoms with E-state index >= 15 is 0 Å². The topological polar surface area (TPSA) is 102 Å². The molecule has 0 spiro atoms. The number of benzene rings is 2. The molecule has 0 aliphatic carbocycles. The largest absolute Gasteiger partial charge is 0.497 e. The first-order valence-electron chi connectivity index (χ1n) is 9.61. The Morgan fingerprint density at radius 1 is 1.13 bits per heavy atom. The van der Waals surface area contributed by atoms with E-state index in [2.05, 4.69) is 20.8 Å². The lowest BCUT2D eigenvalue weighted by atomic mass is 10.1. The molecule has 4 rings (SSSR count). The van der Waals surface area contributed by atoms with Crippen LogP contribution in [-0.2, 0) is 16.1 Å². The van der Waals surface area contributed by atoms with E-state index in [0.29, 0.717) is 12.4 Å². The highest BCUT2D eigenvalue weighted by molar-refractivity contribution is 6.00. The lowest BCUT2D eigenvalue weighted by molar-refractivity contribution is -0.126. The highest BCUT2D eigenvalue weighted by Crippen LogP contribution is 2.25. The molecule has 1 saturated heterocycles. The van der Waals surface area contributed by atoms with Gasteiger partial charge >= 0.3 is 0 Å². The third kappa shape index (κ3) is 4.00. The summed E-state index contributed by atoms with van der Waals surface area (Å²) in [5.41, 5.74) is 2.69. The minimum atomic E-state index is -0.413. The van der Waals surface area contributed by atoms with Gasteiger partial charge in [0.05, 0.1) is 25.3 Å². The van der Waals surface area contributed by atoms with Crippen LogP contribution in [0.15, 0.2) is 48.5 Å². The van der Waals surface area contributed by atoms with E-state index in [1.54, 1.807) is 16.7 Å². The number of ether oxygens (including phenoxy) is 1. The Bertz CT molecular complexity index is 1050. The molecule has 0 radical (unpaired) electrons. The van der Waals surface area contributed by atoms with Gasteiger partial charge in [0, 0.05) is 18.7 Å². The van der Waals surface area contributed by atoms with Crippen LogP contribution in [0.1, 0.15) is 17.8 Å². The van der Waals surface area contributed by atoms with Gasteiger partial charge in [-0.25, -0.2) is 0 Å². The van der Waals surface area contributed by atoms with Crippen LogP contribution in [0.3, 0.4) is 0 Å². The number of aromatic nitrogens is 4. The molecule has 1 atom stereocenters. The molecule has 0 unspecified atom stereocenters. The summed E-state index contributed by atoms with van der Waals surface area (Å²) in [5.74, 6) is 0.562. The summed E-state index contributed by atoms with van der Waals surface area (Å²) >= 11 is 0. The second kappa shape index (κ2) is 8.32. The van der Waals surface area contributed by atoms with Crippen molar-refractivity contribution in [1.29, 1.82) is 0 Å². The summed E-state index contributed by atoms with van der Waals surface area (Å²) in [5, 5.41) is 14.5. The molecule has 2 heterocycles. The van der Waals surface area contributed by atoms with Crippen LogP contribution in [0.5, 0.6) is 5.75 Å². The molecule has 1 N–H and O–H groups in total. The minimum Gasteiger partial charge on any atom is -0.497 e. The van der Waals surface area contributed by atoms with Gasteiger partial charge in [-0.15, -0.1) is 5.10 Å². The van der Waals surface area contributed by atoms with Crippen LogP contribution in [0.4, 0.5) is 5.69 Å². The van der Waals surface area contributed by atoms with E-state index in [1.165, 1.54) is 0 Å². The predicted octanol–water partition coefficient (Wildman–Crippen LogP) is 1.65. The van der Waals surface area contributed by atoms with Crippen LogP contribution in [0, 0.1) is 12.8 Å². The molecule has 0 bridgehead atoms. The molecule has 30 heavy (non-hydrogen) atoms. The highest BCUT2D eigenvalue weighted by Gasteiger charge is 2.35. The fourth-order valence-corrected chi connectivity index (χ4v) is 3.41. The van der Waals surface area contributed by atoms with Gasteiger partial charge in [0.25, 0.3) is 0 Å². The molecule has 2 aromatic carbocycles. The molecular weight excluding hydrogens is 384 g/mol. The van der Waals surface area contributed by atoms with Crippen LogP contribution in [-0.4, -0.2) is 45.7 Å². The van der Waals surface area contributed by atoms with Crippen LogP contribution in [0.25, 0.3) is 5.69 Å². The summed E-state index contributed by atoms with van der Waals surface area (Å²) in [4.78, 5) is 26.7. The maximum absolute atomic E-state index is 12.7. The monoisotopic (exact) mass is 406 g/mol. The number of nitrogens with zero attached hydrogens (tertiary/aromatic N) is 5. The molecule has 9 heteroatoms. The number of amides is 2. The molecule has 1 aliphatic heterocycles. The van der Waals surface area contributed by atoms with Crippen molar-refractivity contribution in [2.45, 2.75) is 19.9 Å². The second-order valence-electron chi connectivity index (χ2n) is 7.16. The van der Waals surface area contributed by atoms with Crippen LogP contribution >= 0.6 is 0 Å². The van der Waals surface area contributed by atoms with Gasteiger partial charge in [-0.3, -0.25) is 9.59 Å². The van der Waals surface area contributed by atoms with E-state index in [-0.39, 0.29) is 24.8 Å². The summed E-state index contributed by atoms with van der Waals surface area (Å²) < 4.78 is 6.71. The molecule has 9 nitrogen and oxygen atoms in total. The van der Waals surface area contributed by atoms with Crippen molar-refractivity contribution in [2.24, 2.45) is 5.92 Å². The maximum Gasteiger partial charge on any atom is 0.227 e. The average Bonchev–Trinajstić information content (AvgIpc) is 3.39. The van der Waals surface area contributed by atoms with Gasteiger partial charge < -0.3 is 15.0 Å². The third-order valence-electron chi connectivity index (χ3n) is 5.11. The number of aryl methyl sites for hydroxylation is 1. The Kier molecular flexibility index (Phi) is 5.42. The fraction of sp³-hybridized carbons (Fsp3) is 0.286. The van der Waals surface area contributed by atoms with E-state index in [4.69, 9.17) is 4.74 Å². The molecule has 1 fully saturated rings. The van der Waals surface area contributed by atoms with Gasteiger partial charge in [-0.05, 0) is 53.7 Å². The zero-order valence-corrected chi connectivity index (χ0v) is 16.8. The first-order chi connectivity index (χ1) is 14.5. The number of hydrogen-bond donors (Lipinski definition) is 1. The third-order valence-corrected chi connectivity index (χ3v) is 5.11. The number of carbonyl (C=O) groups is 2. The normalized spacial score (nSPS) is 16.0. The Labute approximate surface area is 173 Å². The summed E-state index contributed by atoms with van der Waals surface area (Å²) in [6.45, 7) is 2.51. The standard InChI is InChI=1S/C21H22N6O3/c1-14-3-5-16(6-4-14)26-13-15(11-20(26)28)21(29)22-12-19-23-24-25-27(19)17-7-9-18(30-2)10-8-17/h3-10,15H,11-13H2,1-2H3,(H,22,29)/t15-/m1/s1. The number of methoxy groups -OCH3 is 1. The van der Waals surface area contributed by atoms with Crippen LogP contribution in [0.2, 0.25) is 0 Å². The lowest BCUT2D eigenvalue weighted by Gasteiger charge is -2.17. The Hall–Kier alpha value is -3.75. The molecule has 0 saturated carbocycles. The number of tetrazole rings is 1. The van der Waals surface area contributed by atoms with Gasteiger partial charge in [-0.1, -0.05) is 17.7 Å². The number of rotatable bonds is 6. The molecule has 154 valence electrons.